The molecule has 1 radical (unpaired) electrons. The van der Waals surface area contributed by atoms with Gasteiger partial charge < -0.3 is 10.4 Å². The molecule has 0 saturated heterocycles. The van der Waals surface area contributed by atoms with E-state index < -0.39 is 12.1 Å². The summed E-state index contributed by atoms with van der Waals surface area (Å²) in [6.45, 7) is 1.86. The van der Waals surface area contributed by atoms with E-state index in [9.17, 15) is 9.90 Å². The van der Waals surface area contributed by atoms with Crippen molar-refractivity contribution in [3.05, 3.63) is 88.6 Å². The van der Waals surface area contributed by atoms with Gasteiger partial charge >= 0.3 is 6.09 Å². The topological polar surface area (TPSA) is 90.9 Å². The van der Waals surface area contributed by atoms with Crippen molar-refractivity contribution in [2.45, 2.75) is 13.0 Å². The van der Waals surface area contributed by atoms with Gasteiger partial charge in [-0.25, -0.2) is 9.48 Å². The monoisotopic (exact) mass is 379 g/mol. The lowest BCUT2D eigenvalue weighted by Gasteiger charge is -2.20. The molecule has 135 valence electrons. The molecule has 6 nitrogen and oxygen atoms in total. The lowest BCUT2D eigenvalue weighted by atomic mass is 10.0. The SMILES string of the molecule is Cc1cnn(-c2ccc(C#N)cc2)c1[C@@H]([CH]c1ccccc1Cl)NC(=O)O. The maximum atomic E-state index is 11.4. The molecule has 1 atom stereocenters. The van der Waals surface area contributed by atoms with Crippen molar-refractivity contribution < 1.29 is 9.90 Å². The smallest absolute Gasteiger partial charge is 0.405 e. The predicted octanol–water partition coefficient (Wildman–Crippen LogP) is 4.27. The molecule has 0 aliphatic rings. The van der Waals surface area contributed by atoms with Gasteiger partial charge in [0.25, 0.3) is 0 Å². The minimum atomic E-state index is -1.16. The molecule has 2 aromatic carbocycles. The zero-order valence-electron chi connectivity index (χ0n) is 14.4. The first-order valence-electron chi connectivity index (χ1n) is 8.13. The molecule has 3 rings (SSSR count). The minimum Gasteiger partial charge on any atom is -0.465 e. The molecule has 2 N–H and O–H groups in total. The Morgan fingerprint density at radius 2 is 2.00 bits per heavy atom. The van der Waals surface area contributed by atoms with Gasteiger partial charge in [0.05, 0.1) is 35.3 Å². The average molecular weight is 380 g/mol. The minimum absolute atomic E-state index is 0.525. The van der Waals surface area contributed by atoms with E-state index in [4.69, 9.17) is 16.9 Å². The summed E-state index contributed by atoms with van der Waals surface area (Å²) >= 11 is 6.24. The number of hydrogen-bond acceptors (Lipinski definition) is 3. The molecule has 3 aromatic rings. The molecule has 0 fully saturated rings. The van der Waals surface area contributed by atoms with Gasteiger partial charge in [-0.15, -0.1) is 0 Å². The first-order chi connectivity index (χ1) is 13.0. The lowest BCUT2D eigenvalue weighted by molar-refractivity contribution is 0.191. The molecule has 0 saturated carbocycles. The molecule has 0 aliphatic heterocycles. The van der Waals surface area contributed by atoms with E-state index in [2.05, 4.69) is 16.5 Å². The third kappa shape index (κ3) is 4.10. The number of nitrogens with zero attached hydrogens (tertiary/aromatic N) is 3. The normalized spacial score (nSPS) is 11.6. The summed E-state index contributed by atoms with van der Waals surface area (Å²) in [5.41, 5.74) is 3.46. The third-order valence-corrected chi connectivity index (χ3v) is 4.41. The standard InChI is InChI=1S/C20H16ClN4O2/c1-13-12-23-25(16-8-6-14(11-22)7-9-16)19(13)18(24-20(26)27)10-15-4-2-3-5-17(15)21/h2-10,12,18,24H,1H3,(H,26,27)/t18-/m1/s1. The highest BCUT2D eigenvalue weighted by atomic mass is 35.5. The second kappa shape index (κ2) is 7.94. The molecular weight excluding hydrogens is 364 g/mol. The quantitative estimate of drug-likeness (QED) is 0.692. The van der Waals surface area contributed by atoms with E-state index >= 15 is 0 Å². The van der Waals surface area contributed by atoms with Crippen molar-refractivity contribution >= 4 is 17.7 Å². The zero-order chi connectivity index (χ0) is 19.4. The summed E-state index contributed by atoms with van der Waals surface area (Å²) in [4.78, 5) is 11.4. The van der Waals surface area contributed by atoms with Crippen LogP contribution >= 0.6 is 11.6 Å². The number of halogens is 1. The van der Waals surface area contributed by atoms with Gasteiger partial charge in [0.1, 0.15) is 0 Å². The van der Waals surface area contributed by atoms with Crippen molar-refractivity contribution in [2.75, 3.05) is 0 Å². The van der Waals surface area contributed by atoms with Crippen molar-refractivity contribution in [1.82, 2.24) is 15.1 Å². The Kier molecular flexibility index (Phi) is 5.43. The number of nitrogens with one attached hydrogen (secondary N) is 1. The molecule has 0 spiro atoms. The van der Waals surface area contributed by atoms with E-state index in [1.165, 1.54) is 0 Å². The second-order valence-electron chi connectivity index (χ2n) is 5.90. The fraction of sp³-hybridized carbons (Fsp3) is 0.100. The van der Waals surface area contributed by atoms with Crippen molar-refractivity contribution in [3.8, 4) is 11.8 Å². The van der Waals surface area contributed by atoms with E-state index in [1.54, 1.807) is 47.6 Å². The van der Waals surface area contributed by atoms with Crippen LogP contribution in [0.25, 0.3) is 5.69 Å². The molecule has 0 bridgehead atoms. The van der Waals surface area contributed by atoms with Crippen LogP contribution in [0.4, 0.5) is 4.79 Å². The fourth-order valence-electron chi connectivity index (χ4n) is 2.81. The van der Waals surface area contributed by atoms with Crippen LogP contribution in [0.2, 0.25) is 5.02 Å². The second-order valence-corrected chi connectivity index (χ2v) is 6.31. The number of benzene rings is 2. The highest BCUT2D eigenvalue weighted by molar-refractivity contribution is 6.31. The Balaban J connectivity index is 2.04. The third-order valence-electron chi connectivity index (χ3n) is 4.07. The Labute approximate surface area is 161 Å². The molecule has 7 heteroatoms. The molecular formula is C20H16ClN4O2. The van der Waals surface area contributed by atoms with Crippen LogP contribution in [0.15, 0.2) is 54.7 Å². The van der Waals surface area contributed by atoms with Crippen LogP contribution in [-0.4, -0.2) is 21.0 Å². The molecule has 1 heterocycles. The van der Waals surface area contributed by atoms with E-state index in [0.717, 1.165) is 11.3 Å². The summed E-state index contributed by atoms with van der Waals surface area (Å²) in [7, 11) is 0. The predicted molar refractivity (Wildman–Crippen MR) is 102 cm³/mol. The summed E-state index contributed by atoms with van der Waals surface area (Å²) in [6.07, 6.45) is 2.26. The number of aryl methyl sites for hydroxylation is 1. The van der Waals surface area contributed by atoms with Crippen molar-refractivity contribution in [2.24, 2.45) is 0 Å². The van der Waals surface area contributed by atoms with Crippen LogP contribution in [0.1, 0.15) is 28.4 Å². The van der Waals surface area contributed by atoms with Gasteiger partial charge in [0.2, 0.25) is 0 Å². The van der Waals surface area contributed by atoms with Crippen molar-refractivity contribution in [3.63, 3.8) is 0 Å². The molecule has 1 aromatic heterocycles. The van der Waals surface area contributed by atoms with E-state index in [1.807, 2.05) is 25.1 Å². The van der Waals surface area contributed by atoms with Crippen LogP contribution in [0.5, 0.6) is 0 Å². The Morgan fingerprint density at radius 1 is 1.30 bits per heavy atom. The Bertz CT molecular complexity index is 1010. The number of nitriles is 1. The van der Waals surface area contributed by atoms with Gasteiger partial charge in [0, 0.05) is 11.4 Å². The maximum Gasteiger partial charge on any atom is 0.405 e. The fourth-order valence-corrected chi connectivity index (χ4v) is 3.01. The molecule has 0 unspecified atom stereocenters. The van der Waals surface area contributed by atoms with E-state index in [0.29, 0.717) is 21.8 Å². The number of carbonyl (C=O) groups is 1. The highest BCUT2D eigenvalue weighted by Gasteiger charge is 2.23. The number of carboxylic acid groups (broad SMARTS) is 1. The average Bonchev–Trinajstić information content (AvgIpc) is 3.04. The first kappa shape index (κ1) is 18.5. The summed E-state index contributed by atoms with van der Waals surface area (Å²) in [5.74, 6) is 0. The zero-order valence-corrected chi connectivity index (χ0v) is 15.2. The number of rotatable bonds is 5. The summed E-state index contributed by atoms with van der Waals surface area (Å²) in [5, 5.41) is 25.7. The molecule has 0 aliphatic carbocycles. The Hall–Kier alpha value is -3.30. The number of aromatic nitrogens is 2. The largest absolute Gasteiger partial charge is 0.465 e. The Morgan fingerprint density at radius 3 is 2.63 bits per heavy atom. The molecule has 27 heavy (non-hydrogen) atoms. The number of amides is 1. The van der Waals surface area contributed by atoms with Crippen LogP contribution in [0, 0.1) is 24.7 Å². The van der Waals surface area contributed by atoms with Gasteiger partial charge in [-0.05, 0) is 48.4 Å². The summed E-state index contributed by atoms with van der Waals surface area (Å²) in [6, 6.07) is 15.5. The first-order valence-corrected chi connectivity index (χ1v) is 8.51. The van der Waals surface area contributed by atoms with Crippen LogP contribution in [0.3, 0.4) is 0 Å². The molecule has 1 amide bonds. The van der Waals surface area contributed by atoms with Gasteiger partial charge in [-0.1, -0.05) is 29.8 Å². The van der Waals surface area contributed by atoms with Crippen LogP contribution in [-0.2, 0) is 0 Å². The lowest BCUT2D eigenvalue weighted by Crippen LogP contribution is -2.29. The van der Waals surface area contributed by atoms with Crippen molar-refractivity contribution in [1.29, 1.82) is 5.26 Å². The van der Waals surface area contributed by atoms with Gasteiger partial charge in [-0.3, -0.25) is 0 Å². The van der Waals surface area contributed by atoms with Crippen LogP contribution < -0.4 is 5.32 Å². The van der Waals surface area contributed by atoms with Gasteiger partial charge in [0.15, 0.2) is 0 Å². The maximum absolute atomic E-state index is 11.4. The number of hydrogen-bond donors (Lipinski definition) is 2. The van der Waals surface area contributed by atoms with Gasteiger partial charge in [-0.2, -0.15) is 10.4 Å². The highest BCUT2D eigenvalue weighted by Crippen LogP contribution is 2.29. The summed E-state index contributed by atoms with van der Waals surface area (Å²) < 4.78 is 1.66. The van der Waals surface area contributed by atoms with E-state index in [-0.39, 0.29) is 0 Å².